The van der Waals surface area contributed by atoms with E-state index in [-0.39, 0.29) is 0 Å². The van der Waals surface area contributed by atoms with Crippen LogP contribution in [0.4, 0.5) is 0 Å². The van der Waals surface area contributed by atoms with E-state index in [0.29, 0.717) is 10.8 Å². The SMILES string of the molecule is Cc1ccc(-c2nc(=S)n(C[NH+]3CCC[C@@H]3c3cccs3)[nH]2)cc1. The van der Waals surface area contributed by atoms with Gasteiger partial charge < -0.3 is 4.90 Å². The Balaban J connectivity index is 1.57. The van der Waals surface area contributed by atoms with Crippen LogP contribution < -0.4 is 4.90 Å². The molecule has 24 heavy (non-hydrogen) atoms. The van der Waals surface area contributed by atoms with Crippen LogP contribution >= 0.6 is 23.6 Å². The van der Waals surface area contributed by atoms with Crippen LogP contribution in [0.2, 0.25) is 0 Å². The zero-order valence-corrected chi connectivity index (χ0v) is 15.3. The van der Waals surface area contributed by atoms with Crippen molar-refractivity contribution < 1.29 is 4.90 Å². The van der Waals surface area contributed by atoms with Gasteiger partial charge >= 0.3 is 0 Å². The lowest BCUT2D eigenvalue weighted by Crippen LogP contribution is -3.09. The number of aryl methyl sites for hydroxylation is 1. The number of nitrogens with one attached hydrogen (secondary N) is 2. The Morgan fingerprint density at radius 2 is 2.17 bits per heavy atom. The van der Waals surface area contributed by atoms with Crippen molar-refractivity contribution in [3.8, 4) is 11.4 Å². The molecular weight excluding hydrogens is 336 g/mol. The normalized spacial score (nSPS) is 20.5. The smallest absolute Gasteiger partial charge is 0.221 e. The van der Waals surface area contributed by atoms with Gasteiger partial charge in [0.2, 0.25) is 4.77 Å². The van der Waals surface area contributed by atoms with Crippen LogP contribution in [0.1, 0.15) is 29.3 Å². The molecule has 0 aliphatic carbocycles. The maximum atomic E-state index is 5.48. The minimum absolute atomic E-state index is 0.582. The fourth-order valence-electron chi connectivity index (χ4n) is 3.44. The highest BCUT2D eigenvalue weighted by molar-refractivity contribution is 7.71. The number of hydrogen-bond donors (Lipinski definition) is 2. The van der Waals surface area contributed by atoms with E-state index in [1.807, 2.05) is 16.0 Å². The number of thiophene rings is 1. The van der Waals surface area contributed by atoms with Crippen LogP contribution in [0.3, 0.4) is 0 Å². The summed E-state index contributed by atoms with van der Waals surface area (Å²) in [5.41, 5.74) is 2.33. The number of rotatable bonds is 4. The second-order valence-electron chi connectivity index (χ2n) is 6.43. The monoisotopic (exact) mass is 357 g/mol. The topological polar surface area (TPSA) is 38.0 Å². The van der Waals surface area contributed by atoms with Crippen LogP contribution in [-0.4, -0.2) is 21.3 Å². The first kappa shape index (κ1) is 15.7. The van der Waals surface area contributed by atoms with Gasteiger partial charge in [0, 0.05) is 18.4 Å². The fourth-order valence-corrected chi connectivity index (χ4v) is 4.56. The molecule has 2 aromatic heterocycles. The van der Waals surface area contributed by atoms with Crippen molar-refractivity contribution in [2.75, 3.05) is 6.54 Å². The van der Waals surface area contributed by atoms with Crippen molar-refractivity contribution in [1.82, 2.24) is 14.8 Å². The molecule has 6 heteroatoms. The number of aromatic amines is 1. The maximum absolute atomic E-state index is 5.48. The molecule has 0 radical (unpaired) electrons. The standard InChI is InChI=1S/C18H20N4S2/c1-13-6-8-14(9-7-13)17-19-18(23)22(20-17)12-21-10-2-4-15(21)16-5-3-11-24-16/h3,5-9,11,15H,2,4,10,12H2,1H3,(H,19,20,23)/p+1/t15-/m1/s1. The number of likely N-dealkylation sites (tertiary alicyclic amines) is 1. The third-order valence-electron chi connectivity index (χ3n) is 4.74. The Kier molecular flexibility index (Phi) is 4.35. The van der Waals surface area contributed by atoms with Crippen molar-refractivity contribution in [3.05, 3.63) is 57.0 Å². The van der Waals surface area contributed by atoms with E-state index in [9.17, 15) is 0 Å². The zero-order chi connectivity index (χ0) is 16.5. The number of hydrogen-bond acceptors (Lipinski definition) is 3. The summed E-state index contributed by atoms with van der Waals surface area (Å²) in [6, 6.07) is 13.4. The van der Waals surface area contributed by atoms with E-state index < -0.39 is 0 Å². The largest absolute Gasteiger partial charge is 0.309 e. The van der Waals surface area contributed by atoms with Crippen LogP contribution in [0.15, 0.2) is 41.8 Å². The molecule has 2 N–H and O–H groups in total. The van der Waals surface area contributed by atoms with Crippen LogP contribution in [0.5, 0.6) is 0 Å². The van der Waals surface area contributed by atoms with E-state index in [4.69, 9.17) is 12.2 Å². The van der Waals surface area contributed by atoms with Gasteiger partial charge in [-0.05, 0) is 30.6 Å². The molecule has 1 fully saturated rings. The maximum Gasteiger partial charge on any atom is 0.221 e. The molecule has 2 atom stereocenters. The van der Waals surface area contributed by atoms with Gasteiger partial charge in [-0.3, -0.25) is 5.10 Å². The molecule has 3 heterocycles. The summed E-state index contributed by atoms with van der Waals surface area (Å²) in [7, 11) is 0. The van der Waals surface area contributed by atoms with E-state index in [2.05, 4.69) is 58.8 Å². The minimum atomic E-state index is 0.582. The zero-order valence-electron chi connectivity index (χ0n) is 13.7. The summed E-state index contributed by atoms with van der Waals surface area (Å²) < 4.78 is 2.65. The van der Waals surface area contributed by atoms with Crippen molar-refractivity contribution in [3.63, 3.8) is 0 Å². The van der Waals surface area contributed by atoms with Gasteiger partial charge in [0.05, 0.1) is 11.4 Å². The highest BCUT2D eigenvalue weighted by Gasteiger charge is 2.31. The van der Waals surface area contributed by atoms with Crippen LogP contribution in [0.25, 0.3) is 11.4 Å². The highest BCUT2D eigenvalue weighted by atomic mass is 32.1. The van der Waals surface area contributed by atoms with Crippen LogP contribution in [0, 0.1) is 11.7 Å². The Hall–Kier alpha value is -1.76. The van der Waals surface area contributed by atoms with Crippen molar-refractivity contribution in [2.45, 2.75) is 32.5 Å². The summed E-state index contributed by atoms with van der Waals surface area (Å²) >= 11 is 7.34. The molecule has 124 valence electrons. The summed E-state index contributed by atoms with van der Waals surface area (Å²) in [4.78, 5) is 7.59. The first-order valence-electron chi connectivity index (χ1n) is 8.32. The molecule has 4 nitrogen and oxygen atoms in total. The first-order valence-corrected chi connectivity index (χ1v) is 9.61. The second-order valence-corrected chi connectivity index (χ2v) is 7.77. The van der Waals surface area contributed by atoms with E-state index in [1.54, 1.807) is 4.90 Å². The minimum Gasteiger partial charge on any atom is -0.309 e. The summed E-state index contributed by atoms with van der Waals surface area (Å²) in [6.07, 6.45) is 2.52. The Labute approximate surface area is 150 Å². The summed E-state index contributed by atoms with van der Waals surface area (Å²) in [6.45, 7) is 4.12. The third-order valence-corrected chi connectivity index (χ3v) is 6.03. The van der Waals surface area contributed by atoms with Crippen molar-refractivity contribution in [2.24, 2.45) is 0 Å². The van der Waals surface area contributed by atoms with Gasteiger partial charge in [0.25, 0.3) is 0 Å². The molecule has 0 amide bonds. The lowest BCUT2D eigenvalue weighted by molar-refractivity contribution is -0.941. The number of quaternary nitrogens is 1. The molecule has 1 saturated heterocycles. The molecule has 1 unspecified atom stereocenters. The van der Waals surface area contributed by atoms with Gasteiger partial charge in [-0.15, -0.1) is 11.3 Å². The van der Waals surface area contributed by atoms with E-state index in [1.165, 1.54) is 29.8 Å². The average Bonchev–Trinajstić information content (AvgIpc) is 3.30. The second kappa shape index (κ2) is 6.63. The Morgan fingerprint density at radius 1 is 1.33 bits per heavy atom. The first-order chi connectivity index (χ1) is 11.7. The molecule has 0 bridgehead atoms. The number of aromatic nitrogens is 3. The fraction of sp³-hybridized carbons (Fsp3) is 0.333. The van der Waals surface area contributed by atoms with Gasteiger partial charge in [0.15, 0.2) is 12.5 Å². The van der Waals surface area contributed by atoms with Gasteiger partial charge in [-0.1, -0.05) is 35.9 Å². The average molecular weight is 358 g/mol. The molecule has 1 aliphatic heterocycles. The molecule has 1 aliphatic rings. The molecule has 3 aromatic rings. The molecule has 4 rings (SSSR count). The quantitative estimate of drug-likeness (QED) is 0.703. The molecule has 0 spiro atoms. The Bertz CT molecular complexity index is 861. The number of H-pyrrole nitrogens is 1. The Morgan fingerprint density at radius 3 is 2.92 bits per heavy atom. The molecule has 1 aromatic carbocycles. The summed E-state index contributed by atoms with van der Waals surface area (Å²) in [5.74, 6) is 0.853. The predicted octanol–water partition coefficient (Wildman–Crippen LogP) is 3.36. The van der Waals surface area contributed by atoms with Crippen molar-refractivity contribution in [1.29, 1.82) is 0 Å². The lowest BCUT2D eigenvalue weighted by Gasteiger charge is -2.20. The number of nitrogens with zero attached hydrogens (tertiary/aromatic N) is 2. The van der Waals surface area contributed by atoms with Gasteiger partial charge in [-0.2, -0.15) is 4.98 Å². The predicted molar refractivity (Wildman–Crippen MR) is 99.7 cm³/mol. The van der Waals surface area contributed by atoms with Crippen LogP contribution in [-0.2, 0) is 6.67 Å². The third kappa shape index (κ3) is 3.09. The highest BCUT2D eigenvalue weighted by Crippen LogP contribution is 2.23. The van der Waals surface area contributed by atoms with Crippen molar-refractivity contribution >= 4 is 23.6 Å². The van der Waals surface area contributed by atoms with Gasteiger partial charge in [-0.25, -0.2) is 4.68 Å². The molecule has 0 saturated carbocycles. The van der Waals surface area contributed by atoms with Gasteiger partial charge in [0.1, 0.15) is 6.04 Å². The van der Waals surface area contributed by atoms with E-state index >= 15 is 0 Å². The summed E-state index contributed by atoms with van der Waals surface area (Å²) in [5, 5.41) is 5.56. The lowest BCUT2D eigenvalue weighted by atomic mass is 10.1. The molecular formula is C18H21N4S2+. The van der Waals surface area contributed by atoms with E-state index in [0.717, 1.165) is 18.1 Å². The number of benzene rings is 1.